The highest BCUT2D eigenvalue weighted by Gasteiger charge is 2.56. The van der Waals surface area contributed by atoms with Crippen molar-refractivity contribution in [3.63, 3.8) is 0 Å². The number of carbonyl (C=O) groups is 2. The highest BCUT2D eigenvalue weighted by Crippen LogP contribution is 2.46. The van der Waals surface area contributed by atoms with Gasteiger partial charge in [0, 0.05) is 31.2 Å². The van der Waals surface area contributed by atoms with Crippen molar-refractivity contribution in [2.45, 2.75) is 32.6 Å². The van der Waals surface area contributed by atoms with Crippen molar-refractivity contribution < 1.29 is 23.8 Å². The van der Waals surface area contributed by atoms with Crippen molar-refractivity contribution in [2.24, 2.45) is 5.92 Å². The van der Waals surface area contributed by atoms with Crippen molar-refractivity contribution in [1.29, 1.82) is 0 Å². The molecular formula is C23H28N2O5. The molecule has 3 rings (SSSR count). The van der Waals surface area contributed by atoms with Crippen molar-refractivity contribution in [1.82, 2.24) is 0 Å². The molecule has 0 bridgehead atoms. The molecule has 0 saturated carbocycles. The summed E-state index contributed by atoms with van der Waals surface area (Å²) < 4.78 is 16.1. The van der Waals surface area contributed by atoms with Gasteiger partial charge in [0.15, 0.2) is 0 Å². The zero-order valence-electron chi connectivity index (χ0n) is 18.2. The predicted molar refractivity (Wildman–Crippen MR) is 115 cm³/mol. The lowest BCUT2D eigenvalue weighted by Crippen LogP contribution is -2.52. The summed E-state index contributed by atoms with van der Waals surface area (Å²) >= 11 is 0. The molecule has 2 aromatic carbocycles. The van der Waals surface area contributed by atoms with E-state index in [0.29, 0.717) is 11.3 Å². The monoisotopic (exact) mass is 412 g/mol. The summed E-state index contributed by atoms with van der Waals surface area (Å²) in [5.41, 5.74) is 3.93. The fourth-order valence-corrected chi connectivity index (χ4v) is 3.82. The number of benzene rings is 2. The maximum Gasteiger partial charge on any atom is 0.329 e. The van der Waals surface area contributed by atoms with Crippen LogP contribution in [-0.4, -0.2) is 39.2 Å². The van der Waals surface area contributed by atoms with Crippen molar-refractivity contribution in [2.75, 3.05) is 31.5 Å². The largest absolute Gasteiger partial charge is 0.467 e. The van der Waals surface area contributed by atoms with E-state index in [9.17, 15) is 9.59 Å². The summed E-state index contributed by atoms with van der Waals surface area (Å²) in [7, 11) is 4.14. The first kappa shape index (κ1) is 21.8. The quantitative estimate of drug-likeness (QED) is 0.552. The Labute approximate surface area is 176 Å². The molecule has 0 fully saturated rings. The molecule has 0 saturated heterocycles. The van der Waals surface area contributed by atoms with E-state index in [1.165, 1.54) is 26.2 Å². The van der Waals surface area contributed by atoms with E-state index in [2.05, 4.69) is 5.32 Å². The van der Waals surface area contributed by atoms with Crippen molar-refractivity contribution in [3.05, 3.63) is 53.6 Å². The van der Waals surface area contributed by atoms with Crippen LogP contribution in [0.5, 0.6) is 0 Å². The number of hydrogen-bond acceptors (Lipinski definition) is 6. The lowest BCUT2D eigenvalue weighted by atomic mass is 10.0. The van der Waals surface area contributed by atoms with Gasteiger partial charge in [0.1, 0.15) is 6.04 Å². The third-order valence-corrected chi connectivity index (χ3v) is 5.38. The number of carbonyl (C=O) groups excluding carboxylic acids is 2. The Morgan fingerprint density at radius 1 is 1.00 bits per heavy atom. The molecule has 1 aliphatic heterocycles. The van der Waals surface area contributed by atoms with Gasteiger partial charge < -0.3 is 19.5 Å². The van der Waals surface area contributed by atoms with Crippen LogP contribution in [-0.2, 0) is 29.6 Å². The van der Waals surface area contributed by atoms with E-state index in [0.717, 1.165) is 16.9 Å². The molecule has 0 aromatic heterocycles. The van der Waals surface area contributed by atoms with E-state index in [4.69, 9.17) is 14.2 Å². The summed E-state index contributed by atoms with van der Waals surface area (Å²) in [6.45, 7) is 5.75. The van der Waals surface area contributed by atoms with Crippen LogP contribution in [0.1, 0.15) is 25.0 Å². The minimum atomic E-state index is -1.64. The molecular weight excluding hydrogens is 384 g/mol. The third kappa shape index (κ3) is 3.55. The Morgan fingerprint density at radius 3 is 2.13 bits per heavy atom. The molecule has 2 aromatic rings. The normalized spacial score (nSPS) is 15.8. The zero-order chi connectivity index (χ0) is 22.1. The van der Waals surface area contributed by atoms with Crippen LogP contribution in [0.2, 0.25) is 0 Å². The van der Waals surface area contributed by atoms with E-state index < -0.39 is 23.7 Å². The van der Waals surface area contributed by atoms with Crippen LogP contribution in [0.3, 0.4) is 0 Å². The molecule has 30 heavy (non-hydrogen) atoms. The van der Waals surface area contributed by atoms with Gasteiger partial charge in [0.2, 0.25) is 0 Å². The summed E-state index contributed by atoms with van der Waals surface area (Å²) in [5, 5.41) is 3.33. The molecule has 1 amide bonds. The Bertz CT molecular complexity index is 935. The maximum atomic E-state index is 13.5. The molecule has 0 radical (unpaired) electrons. The van der Waals surface area contributed by atoms with E-state index in [-0.39, 0.29) is 5.92 Å². The second-order valence-corrected chi connectivity index (χ2v) is 7.63. The minimum Gasteiger partial charge on any atom is -0.467 e. The number of ether oxygens (including phenoxy) is 3. The number of hydrogen-bond donors (Lipinski definition) is 1. The van der Waals surface area contributed by atoms with Crippen LogP contribution < -0.4 is 10.2 Å². The Hall–Kier alpha value is -2.90. The van der Waals surface area contributed by atoms with Gasteiger partial charge in [0.05, 0.1) is 12.8 Å². The van der Waals surface area contributed by atoms with Crippen LogP contribution in [0.25, 0.3) is 0 Å². The molecule has 160 valence electrons. The third-order valence-electron chi connectivity index (χ3n) is 5.38. The smallest absolute Gasteiger partial charge is 0.329 e. The SMILES string of the molecule is COC(=O)C(C(C)C)N1C(=O)C(OC)(OC)c2cc(Nc3ccc(C)cc3)ccc21. The molecule has 1 aliphatic rings. The average molecular weight is 412 g/mol. The highest BCUT2D eigenvalue weighted by atomic mass is 16.7. The number of rotatable bonds is 7. The summed E-state index contributed by atoms with van der Waals surface area (Å²) in [6.07, 6.45) is 0. The van der Waals surface area contributed by atoms with E-state index in [1.807, 2.05) is 57.2 Å². The number of aryl methyl sites for hydroxylation is 1. The second-order valence-electron chi connectivity index (χ2n) is 7.63. The summed E-state index contributed by atoms with van der Waals surface area (Å²) in [6, 6.07) is 12.6. The number of anilines is 3. The van der Waals surface area contributed by atoms with Gasteiger partial charge in [-0.2, -0.15) is 0 Å². The first-order chi connectivity index (χ1) is 14.3. The number of fused-ring (bicyclic) bond motifs is 1. The van der Waals surface area contributed by atoms with Crippen LogP contribution in [0.15, 0.2) is 42.5 Å². The highest BCUT2D eigenvalue weighted by molar-refractivity contribution is 6.10. The van der Waals surface area contributed by atoms with Crippen molar-refractivity contribution in [3.8, 4) is 0 Å². The van der Waals surface area contributed by atoms with Crippen molar-refractivity contribution >= 4 is 28.9 Å². The standard InChI is InChI=1S/C23H28N2O5/c1-14(2)20(21(26)28-4)25-19-12-11-17(24-16-9-7-15(3)8-10-16)13-18(19)23(29-5,30-6)22(25)27/h7-14,20,24H,1-6H3. The van der Waals surface area contributed by atoms with Crippen LogP contribution in [0.4, 0.5) is 17.1 Å². The number of nitrogens with one attached hydrogen (secondary N) is 1. The lowest BCUT2D eigenvalue weighted by molar-refractivity contribution is -0.209. The first-order valence-corrected chi connectivity index (χ1v) is 9.79. The number of esters is 1. The fraction of sp³-hybridized carbons (Fsp3) is 0.391. The van der Waals surface area contributed by atoms with Crippen LogP contribution >= 0.6 is 0 Å². The van der Waals surface area contributed by atoms with Gasteiger partial charge in [-0.05, 0) is 43.2 Å². The topological polar surface area (TPSA) is 77.1 Å². The Morgan fingerprint density at radius 2 is 1.60 bits per heavy atom. The zero-order valence-corrected chi connectivity index (χ0v) is 18.2. The fourth-order valence-electron chi connectivity index (χ4n) is 3.82. The van der Waals surface area contributed by atoms with Crippen LogP contribution in [0, 0.1) is 12.8 Å². The summed E-state index contributed by atoms with van der Waals surface area (Å²) in [4.78, 5) is 27.4. The van der Waals surface area contributed by atoms with Gasteiger partial charge in [-0.25, -0.2) is 4.79 Å². The molecule has 1 N–H and O–H groups in total. The molecule has 7 nitrogen and oxygen atoms in total. The second kappa shape index (κ2) is 8.45. The first-order valence-electron chi connectivity index (χ1n) is 9.79. The molecule has 1 heterocycles. The van der Waals surface area contributed by atoms with Gasteiger partial charge in [0.25, 0.3) is 11.7 Å². The van der Waals surface area contributed by atoms with Gasteiger partial charge in [-0.3, -0.25) is 9.69 Å². The number of nitrogens with zero attached hydrogens (tertiary/aromatic N) is 1. The van der Waals surface area contributed by atoms with Gasteiger partial charge in [-0.1, -0.05) is 31.5 Å². The lowest BCUT2D eigenvalue weighted by Gasteiger charge is -2.31. The molecule has 7 heteroatoms. The summed E-state index contributed by atoms with van der Waals surface area (Å²) in [5.74, 6) is -2.76. The maximum absolute atomic E-state index is 13.5. The van der Waals surface area contributed by atoms with Gasteiger partial charge in [-0.15, -0.1) is 0 Å². The predicted octanol–water partition coefficient (Wildman–Crippen LogP) is 3.73. The van der Waals surface area contributed by atoms with E-state index >= 15 is 0 Å². The minimum absolute atomic E-state index is 0.177. The average Bonchev–Trinajstić information content (AvgIpc) is 2.97. The van der Waals surface area contributed by atoms with Gasteiger partial charge >= 0.3 is 5.97 Å². The molecule has 1 atom stereocenters. The Balaban J connectivity index is 2.09. The van der Waals surface area contributed by atoms with E-state index in [1.54, 1.807) is 6.07 Å². The number of amides is 1. The molecule has 0 aliphatic carbocycles. The number of methoxy groups -OCH3 is 3. The molecule has 0 spiro atoms. The Kier molecular flexibility index (Phi) is 6.14. The molecule has 1 unspecified atom stereocenters.